The zero-order chi connectivity index (χ0) is 15.3. The van der Waals surface area contributed by atoms with Crippen molar-refractivity contribution in [1.29, 1.82) is 0 Å². The smallest absolute Gasteiger partial charge is 0.242 e. The minimum absolute atomic E-state index is 0.124. The van der Waals surface area contributed by atoms with Crippen LogP contribution in [0.2, 0.25) is 0 Å². The summed E-state index contributed by atoms with van der Waals surface area (Å²) >= 11 is 1.49. The van der Waals surface area contributed by atoms with Crippen molar-refractivity contribution in [3.05, 3.63) is 15.8 Å². The van der Waals surface area contributed by atoms with Crippen LogP contribution in [0.25, 0.3) is 0 Å². The normalized spacial score (nSPS) is 13.9. The van der Waals surface area contributed by atoms with E-state index in [0.29, 0.717) is 18.0 Å². The molecule has 0 aromatic carbocycles. The molecule has 116 valence electrons. The second kappa shape index (κ2) is 7.51. The van der Waals surface area contributed by atoms with Crippen LogP contribution in [0.3, 0.4) is 0 Å². The minimum atomic E-state index is -3.46. The Morgan fingerprint density at radius 1 is 1.40 bits per heavy atom. The molecule has 1 aromatic rings. The SMILES string of the molecule is CCNCc1scc(C)c1S(=O)(=O)NC(C)CN(C)C. The van der Waals surface area contributed by atoms with E-state index in [1.807, 2.05) is 45.1 Å². The molecular formula is C13H25N3O2S2. The lowest BCUT2D eigenvalue weighted by Gasteiger charge is -2.19. The fourth-order valence-corrected chi connectivity index (χ4v) is 5.13. The Morgan fingerprint density at radius 3 is 2.60 bits per heavy atom. The third-order valence-electron chi connectivity index (χ3n) is 2.79. The molecule has 0 spiro atoms. The van der Waals surface area contributed by atoms with Crippen molar-refractivity contribution in [2.45, 2.75) is 38.3 Å². The molecule has 0 amide bonds. The number of hydrogen-bond donors (Lipinski definition) is 2. The highest BCUT2D eigenvalue weighted by atomic mass is 32.2. The Kier molecular flexibility index (Phi) is 6.60. The maximum atomic E-state index is 12.5. The van der Waals surface area contributed by atoms with Gasteiger partial charge in [0.25, 0.3) is 0 Å². The van der Waals surface area contributed by atoms with Gasteiger partial charge in [-0.15, -0.1) is 11.3 Å². The van der Waals surface area contributed by atoms with Gasteiger partial charge in [0.15, 0.2) is 0 Å². The summed E-state index contributed by atoms with van der Waals surface area (Å²) in [5.41, 5.74) is 0.812. The molecule has 0 saturated heterocycles. The maximum absolute atomic E-state index is 12.5. The predicted octanol–water partition coefficient (Wildman–Crippen LogP) is 1.39. The van der Waals surface area contributed by atoms with E-state index < -0.39 is 10.0 Å². The Bertz CT molecular complexity index is 524. The molecule has 5 nitrogen and oxygen atoms in total. The monoisotopic (exact) mass is 319 g/mol. The number of rotatable bonds is 8. The fourth-order valence-electron chi connectivity index (χ4n) is 2.12. The second-order valence-corrected chi connectivity index (χ2v) is 7.85. The Balaban J connectivity index is 2.94. The van der Waals surface area contributed by atoms with Crippen LogP contribution in [0.5, 0.6) is 0 Å². The van der Waals surface area contributed by atoms with Gasteiger partial charge in [-0.3, -0.25) is 0 Å². The van der Waals surface area contributed by atoms with Crippen molar-refractivity contribution in [3.8, 4) is 0 Å². The predicted molar refractivity (Wildman–Crippen MR) is 84.8 cm³/mol. The zero-order valence-electron chi connectivity index (χ0n) is 12.9. The van der Waals surface area contributed by atoms with E-state index >= 15 is 0 Å². The number of thiophene rings is 1. The van der Waals surface area contributed by atoms with Crippen LogP contribution >= 0.6 is 11.3 Å². The van der Waals surface area contributed by atoms with Gasteiger partial charge in [0.05, 0.1) is 0 Å². The van der Waals surface area contributed by atoms with E-state index in [1.54, 1.807) is 0 Å². The van der Waals surface area contributed by atoms with Gasteiger partial charge in [-0.2, -0.15) is 0 Å². The van der Waals surface area contributed by atoms with Crippen molar-refractivity contribution < 1.29 is 8.42 Å². The molecule has 1 heterocycles. The summed E-state index contributed by atoms with van der Waals surface area (Å²) < 4.78 is 27.8. The molecule has 1 aromatic heterocycles. The molecule has 0 fully saturated rings. The summed E-state index contributed by atoms with van der Waals surface area (Å²) in [5.74, 6) is 0. The summed E-state index contributed by atoms with van der Waals surface area (Å²) in [4.78, 5) is 3.27. The first-order valence-corrected chi connectivity index (χ1v) is 9.09. The first-order chi connectivity index (χ1) is 9.27. The van der Waals surface area contributed by atoms with Gasteiger partial charge in [-0.25, -0.2) is 13.1 Å². The van der Waals surface area contributed by atoms with Crippen LogP contribution in [0.4, 0.5) is 0 Å². The number of nitrogens with one attached hydrogen (secondary N) is 2. The summed E-state index contributed by atoms with van der Waals surface area (Å²) in [6.07, 6.45) is 0. The summed E-state index contributed by atoms with van der Waals surface area (Å²) in [6, 6.07) is -0.124. The summed E-state index contributed by atoms with van der Waals surface area (Å²) in [5, 5.41) is 5.09. The summed E-state index contributed by atoms with van der Waals surface area (Å²) in [7, 11) is 0.396. The van der Waals surface area contributed by atoms with Crippen LogP contribution in [-0.4, -0.2) is 46.5 Å². The van der Waals surface area contributed by atoms with Gasteiger partial charge in [0, 0.05) is 24.0 Å². The summed E-state index contributed by atoms with van der Waals surface area (Å²) in [6.45, 7) is 7.81. The number of aryl methyl sites for hydroxylation is 1. The van der Waals surface area contributed by atoms with Gasteiger partial charge >= 0.3 is 0 Å². The topological polar surface area (TPSA) is 61.4 Å². The molecule has 1 unspecified atom stereocenters. The molecule has 0 bridgehead atoms. The standard InChI is InChI=1S/C13H25N3O2S2/c1-6-14-7-12-13(10(2)9-19-12)20(17,18)15-11(3)8-16(4)5/h9,11,14-15H,6-8H2,1-5H3. The third kappa shape index (κ3) is 4.82. The van der Waals surface area contributed by atoms with Crippen molar-refractivity contribution in [3.63, 3.8) is 0 Å². The highest BCUT2D eigenvalue weighted by molar-refractivity contribution is 7.89. The molecule has 7 heteroatoms. The molecule has 2 N–H and O–H groups in total. The minimum Gasteiger partial charge on any atom is -0.312 e. The maximum Gasteiger partial charge on any atom is 0.242 e. The number of nitrogens with zero attached hydrogens (tertiary/aromatic N) is 1. The molecule has 0 radical (unpaired) electrons. The third-order valence-corrected chi connectivity index (χ3v) is 5.84. The van der Waals surface area contributed by atoms with Crippen LogP contribution < -0.4 is 10.0 Å². The van der Waals surface area contributed by atoms with Crippen LogP contribution in [-0.2, 0) is 16.6 Å². The lowest BCUT2D eigenvalue weighted by Crippen LogP contribution is -2.39. The molecule has 20 heavy (non-hydrogen) atoms. The average Bonchev–Trinajstić information content (AvgIpc) is 2.66. The molecule has 1 atom stereocenters. The van der Waals surface area contributed by atoms with E-state index in [9.17, 15) is 8.42 Å². The molecule has 0 aliphatic carbocycles. The Hall–Kier alpha value is -0.470. The van der Waals surface area contributed by atoms with Gasteiger partial charge < -0.3 is 10.2 Å². The molecular weight excluding hydrogens is 294 g/mol. The lowest BCUT2D eigenvalue weighted by molar-refractivity contribution is 0.370. The highest BCUT2D eigenvalue weighted by Crippen LogP contribution is 2.26. The Labute approximate surface area is 126 Å². The van der Waals surface area contributed by atoms with Crippen molar-refractivity contribution >= 4 is 21.4 Å². The van der Waals surface area contributed by atoms with Gasteiger partial charge in [-0.05, 0) is 45.4 Å². The second-order valence-electron chi connectivity index (χ2n) is 5.24. The zero-order valence-corrected chi connectivity index (χ0v) is 14.5. The number of hydrogen-bond acceptors (Lipinski definition) is 5. The fraction of sp³-hybridized carbons (Fsp3) is 0.692. The first kappa shape index (κ1) is 17.6. The molecule has 1 rings (SSSR count). The largest absolute Gasteiger partial charge is 0.312 e. The first-order valence-electron chi connectivity index (χ1n) is 6.72. The van der Waals surface area contributed by atoms with Crippen molar-refractivity contribution in [2.24, 2.45) is 0 Å². The molecule has 0 aliphatic heterocycles. The van der Waals surface area contributed by atoms with E-state index in [-0.39, 0.29) is 6.04 Å². The molecule has 0 saturated carbocycles. The number of likely N-dealkylation sites (N-methyl/N-ethyl adjacent to an activating group) is 1. The van der Waals surface area contributed by atoms with Crippen LogP contribution in [0, 0.1) is 6.92 Å². The highest BCUT2D eigenvalue weighted by Gasteiger charge is 2.24. The Morgan fingerprint density at radius 2 is 2.05 bits per heavy atom. The van der Waals surface area contributed by atoms with E-state index in [4.69, 9.17) is 0 Å². The van der Waals surface area contributed by atoms with Crippen LogP contribution in [0.15, 0.2) is 10.3 Å². The lowest BCUT2D eigenvalue weighted by atomic mass is 10.3. The van der Waals surface area contributed by atoms with E-state index in [1.165, 1.54) is 11.3 Å². The van der Waals surface area contributed by atoms with Crippen molar-refractivity contribution in [1.82, 2.24) is 14.9 Å². The van der Waals surface area contributed by atoms with Crippen molar-refractivity contribution in [2.75, 3.05) is 27.2 Å². The van der Waals surface area contributed by atoms with Gasteiger partial charge in [-0.1, -0.05) is 6.92 Å². The van der Waals surface area contributed by atoms with Crippen LogP contribution in [0.1, 0.15) is 24.3 Å². The van der Waals surface area contributed by atoms with Gasteiger partial charge in [0.1, 0.15) is 4.90 Å². The van der Waals surface area contributed by atoms with E-state index in [2.05, 4.69) is 10.0 Å². The van der Waals surface area contributed by atoms with Gasteiger partial charge in [0.2, 0.25) is 10.0 Å². The average molecular weight is 319 g/mol. The quantitative estimate of drug-likeness (QED) is 0.760. The molecule has 0 aliphatic rings. The number of sulfonamides is 1. The van der Waals surface area contributed by atoms with E-state index in [0.717, 1.165) is 17.0 Å².